The molecule has 19 heavy (non-hydrogen) atoms. The second kappa shape index (κ2) is 7.08. The number of hydrazine groups is 1. The number of aromatic nitrogens is 1. The molecule has 3 N–H and O–H groups in total. The number of pyridine rings is 1. The van der Waals surface area contributed by atoms with Crippen molar-refractivity contribution in [1.29, 1.82) is 0 Å². The molecule has 2 heterocycles. The van der Waals surface area contributed by atoms with Crippen LogP contribution in [0.1, 0.15) is 44.7 Å². The molecule has 2 rings (SSSR count). The van der Waals surface area contributed by atoms with E-state index in [0.717, 1.165) is 23.8 Å². The van der Waals surface area contributed by atoms with Crippen molar-refractivity contribution in [2.24, 2.45) is 5.84 Å². The van der Waals surface area contributed by atoms with Crippen molar-refractivity contribution in [2.45, 2.75) is 51.6 Å². The fourth-order valence-corrected chi connectivity index (χ4v) is 2.94. The van der Waals surface area contributed by atoms with Gasteiger partial charge >= 0.3 is 0 Å². The Morgan fingerprint density at radius 1 is 1.42 bits per heavy atom. The molecule has 1 unspecified atom stereocenters. The molecule has 0 spiro atoms. The van der Waals surface area contributed by atoms with Gasteiger partial charge in [-0.15, -0.1) is 0 Å². The Balaban J connectivity index is 2.13. The summed E-state index contributed by atoms with van der Waals surface area (Å²) in [5.74, 6) is 6.08. The molecule has 1 aromatic heterocycles. The summed E-state index contributed by atoms with van der Waals surface area (Å²) in [6.07, 6.45) is 6.40. The van der Waals surface area contributed by atoms with E-state index in [1.54, 1.807) is 6.07 Å². The molecule has 0 bridgehead atoms. The topological polar surface area (TPSA) is 54.2 Å². The molecule has 0 saturated carbocycles. The zero-order valence-electron chi connectivity index (χ0n) is 11.5. The van der Waals surface area contributed by atoms with Crippen LogP contribution in [-0.4, -0.2) is 22.5 Å². The van der Waals surface area contributed by atoms with E-state index in [4.69, 9.17) is 17.4 Å². The highest BCUT2D eigenvalue weighted by Crippen LogP contribution is 2.24. The predicted molar refractivity (Wildman–Crippen MR) is 80.0 cm³/mol. The number of nitrogens with two attached hydrogens (primary N) is 1. The SMILES string of the molecule is CCC1CCCCCN1Cc1nc(NN)ccc1Cl. The van der Waals surface area contributed by atoms with Crippen LogP contribution in [0.5, 0.6) is 0 Å². The maximum atomic E-state index is 6.25. The van der Waals surface area contributed by atoms with Gasteiger partial charge in [0.05, 0.1) is 10.7 Å². The minimum atomic E-state index is 0.648. The lowest BCUT2D eigenvalue weighted by Crippen LogP contribution is -2.34. The molecular weight excluding hydrogens is 260 g/mol. The molecule has 1 saturated heterocycles. The van der Waals surface area contributed by atoms with E-state index in [0.29, 0.717) is 11.9 Å². The summed E-state index contributed by atoms with van der Waals surface area (Å²) in [5.41, 5.74) is 3.50. The zero-order chi connectivity index (χ0) is 13.7. The molecule has 0 amide bonds. The Kier molecular flexibility index (Phi) is 5.43. The number of halogens is 1. The predicted octanol–water partition coefficient (Wildman–Crippen LogP) is 3.18. The normalized spacial score (nSPS) is 21.1. The van der Waals surface area contributed by atoms with E-state index in [1.165, 1.54) is 32.1 Å². The first-order valence-electron chi connectivity index (χ1n) is 7.10. The number of nitrogen functional groups attached to an aromatic ring is 1. The van der Waals surface area contributed by atoms with Gasteiger partial charge in [0.1, 0.15) is 5.82 Å². The van der Waals surface area contributed by atoms with E-state index in [9.17, 15) is 0 Å². The highest BCUT2D eigenvalue weighted by molar-refractivity contribution is 6.31. The lowest BCUT2D eigenvalue weighted by molar-refractivity contribution is 0.184. The Morgan fingerprint density at radius 2 is 2.26 bits per heavy atom. The molecule has 1 atom stereocenters. The molecule has 0 radical (unpaired) electrons. The first-order chi connectivity index (χ1) is 9.24. The summed E-state index contributed by atoms with van der Waals surface area (Å²) in [5, 5.41) is 0.720. The summed E-state index contributed by atoms with van der Waals surface area (Å²) in [4.78, 5) is 6.99. The van der Waals surface area contributed by atoms with Gasteiger partial charge in [0.25, 0.3) is 0 Å². The number of nitrogens with one attached hydrogen (secondary N) is 1. The summed E-state index contributed by atoms with van der Waals surface area (Å²) in [6, 6.07) is 4.30. The van der Waals surface area contributed by atoms with Crippen LogP contribution in [0.3, 0.4) is 0 Å². The standard InChI is InChI=1S/C14H23ClN4/c1-2-11-6-4-3-5-9-19(11)10-13-12(15)7-8-14(17-13)18-16/h7-8,11H,2-6,9-10,16H2,1H3,(H,17,18). The molecule has 5 heteroatoms. The Hall–Kier alpha value is -0.840. The van der Waals surface area contributed by atoms with Gasteiger partial charge < -0.3 is 5.43 Å². The molecule has 0 aliphatic carbocycles. The summed E-state index contributed by atoms with van der Waals surface area (Å²) in [7, 11) is 0. The molecule has 1 aliphatic rings. The lowest BCUT2D eigenvalue weighted by Gasteiger charge is -2.29. The number of likely N-dealkylation sites (tertiary alicyclic amines) is 1. The van der Waals surface area contributed by atoms with Crippen LogP contribution in [0.15, 0.2) is 12.1 Å². The van der Waals surface area contributed by atoms with E-state index >= 15 is 0 Å². The largest absolute Gasteiger partial charge is 0.308 e. The Bertz CT molecular complexity index is 410. The van der Waals surface area contributed by atoms with Gasteiger partial charge in [0.15, 0.2) is 0 Å². The number of rotatable bonds is 4. The van der Waals surface area contributed by atoms with E-state index in [-0.39, 0.29) is 0 Å². The van der Waals surface area contributed by atoms with Gasteiger partial charge in [0, 0.05) is 12.6 Å². The van der Waals surface area contributed by atoms with Gasteiger partial charge in [-0.25, -0.2) is 10.8 Å². The van der Waals surface area contributed by atoms with Gasteiger partial charge in [-0.1, -0.05) is 31.4 Å². The second-order valence-corrected chi connectivity index (χ2v) is 5.56. The summed E-state index contributed by atoms with van der Waals surface area (Å²) < 4.78 is 0. The molecule has 106 valence electrons. The highest BCUT2D eigenvalue weighted by Gasteiger charge is 2.20. The third kappa shape index (κ3) is 3.81. The monoisotopic (exact) mass is 282 g/mol. The highest BCUT2D eigenvalue weighted by atomic mass is 35.5. The van der Waals surface area contributed by atoms with Gasteiger partial charge in [-0.05, 0) is 37.9 Å². The van der Waals surface area contributed by atoms with Crippen LogP contribution in [0.25, 0.3) is 0 Å². The van der Waals surface area contributed by atoms with Crippen molar-refractivity contribution < 1.29 is 0 Å². The first kappa shape index (κ1) is 14.6. The molecule has 1 aromatic rings. The third-order valence-electron chi connectivity index (χ3n) is 3.89. The fraction of sp³-hybridized carbons (Fsp3) is 0.643. The minimum absolute atomic E-state index is 0.648. The van der Waals surface area contributed by atoms with Crippen molar-refractivity contribution >= 4 is 17.4 Å². The lowest BCUT2D eigenvalue weighted by atomic mass is 10.1. The maximum absolute atomic E-state index is 6.25. The molecule has 4 nitrogen and oxygen atoms in total. The maximum Gasteiger partial charge on any atom is 0.140 e. The van der Waals surface area contributed by atoms with Gasteiger partial charge in [0.2, 0.25) is 0 Å². The number of hydrogen-bond acceptors (Lipinski definition) is 4. The van der Waals surface area contributed by atoms with Crippen LogP contribution in [0.4, 0.5) is 5.82 Å². The van der Waals surface area contributed by atoms with Crippen molar-refractivity contribution in [3.63, 3.8) is 0 Å². The van der Waals surface area contributed by atoms with Crippen LogP contribution in [0, 0.1) is 0 Å². The van der Waals surface area contributed by atoms with Crippen LogP contribution in [0.2, 0.25) is 5.02 Å². The number of nitrogens with zero attached hydrogens (tertiary/aromatic N) is 2. The second-order valence-electron chi connectivity index (χ2n) is 5.15. The Morgan fingerprint density at radius 3 is 3.00 bits per heavy atom. The van der Waals surface area contributed by atoms with Crippen LogP contribution >= 0.6 is 11.6 Å². The summed E-state index contributed by atoms with van der Waals surface area (Å²) >= 11 is 6.25. The number of anilines is 1. The van der Waals surface area contributed by atoms with E-state index in [2.05, 4.69) is 22.2 Å². The first-order valence-corrected chi connectivity index (χ1v) is 7.48. The molecular formula is C14H23ClN4. The average molecular weight is 283 g/mol. The smallest absolute Gasteiger partial charge is 0.140 e. The minimum Gasteiger partial charge on any atom is -0.308 e. The molecule has 1 fully saturated rings. The number of hydrogen-bond donors (Lipinski definition) is 2. The van der Waals surface area contributed by atoms with Crippen molar-refractivity contribution in [1.82, 2.24) is 9.88 Å². The van der Waals surface area contributed by atoms with E-state index < -0.39 is 0 Å². The van der Waals surface area contributed by atoms with Crippen LogP contribution < -0.4 is 11.3 Å². The average Bonchev–Trinajstić information content (AvgIpc) is 2.66. The summed E-state index contributed by atoms with van der Waals surface area (Å²) in [6.45, 7) is 4.21. The van der Waals surface area contributed by atoms with Gasteiger partial charge in [-0.2, -0.15) is 0 Å². The Labute approximate surface area is 120 Å². The third-order valence-corrected chi connectivity index (χ3v) is 4.23. The van der Waals surface area contributed by atoms with Crippen molar-refractivity contribution in [3.8, 4) is 0 Å². The van der Waals surface area contributed by atoms with E-state index in [1.807, 2.05) is 6.07 Å². The van der Waals surface area contributed by atoms with Gasteiger partial charge in [-0.3, -0.25) is 4.90 Å². The van der Waals surface area contributed by atoms with Crippen LogP contribution in [-0.2, 0) is 6.54 Å². The van der Waals surface area contributed by atoms with Crippen molar-refractivity contribution in [3.05, 3.63) is 22.8 Å². The molecule has 0 aromatic carbocycles. The quantitative estimate of drug-likeness (QED) is 0.658. The molecule has 1 aliphatic heterocycles. The zero-order valence-corrected chi connectivity index (χ0v) is 12.3. The fourth-order valence-electron chi connectivity index (χ4n) is 2.78. The van der Waals surface area contributed by atoms with Crippen molar-refractivity contribution in [2.75, 3.05) is 12.0 Å².